The predicted molar refractivity (Wildman–Crippen MR) is 114 cm³/mol. The van der Waals surface area contributed by atoms with Crippen molar-refractivity contribution in [1.29, 1.82) is 0 Å². The molecular weight excluding hydrogens is 474 g/mol. The van der Waals surface area contributed by atoms with E-state index in [-0.39, 0.29) is 45.3 Å². The zero-order valence-electron chi connectivity index (χ0n) is 16.7. The first-order chi connectivity index (χ1) is 14.6. The highest BCUT2D eigenvalue weighted by molar-refractivity contribution is 7.92. The summed E-state index contributed by atoms with van der Waals surface area (Å²) >= 11 is 7.13. The molecule has 1 aliphatic rings. The smallest absolute Gasteiger partial charge is 0.322 e. The number of nitrogens with one attached hydrogen (secondary N) is 1. The Morgan fingerprint density at radius 3 is 2.71 bits per heavy atom. The number of alkyl halides is 1. The number of thiazole rings is 1. The van der Waals surface area contributed by atoms with Crippen LogP contribution in [0, 0.1) is 5.82 Å². The van der Waals surface area contributed by atoms with Gasteiger partial charge in [0.2, 0.25) is 5.13 Å². The van der Waals surface area contributed by atoms with E-state index in [0.29, 0.717) is 12.8 Å². The molecule has 31 heavy (non-hydrogen) atoms. The monoisotopic (exact) mass is 494 g/mol. The fraction of sp³-hybridized carbons (Fsp3) is 0.444. The summed E-state index contributed by atoms with van der Waals surface area (Å²) in [6.45, 7) is -0.105. The van der Waals surface area contributed by atoms with E-state index < -0.39 is 26.9 Å². The first-order valence-corrected chi connectivity index (χ1v) is 12.0. The van der Waals surface area contributed by atoms with Crippen LogP contribution in [-0.2, 0) is 19.7 Å². The van der Waals surface area contributed by atoms with Crippen LogP contribution in [0.5, 0.6) is 0 Å². The van der Waals surface area contributed by atoms with E-state index in [0.717, 1.165) is 23.5 Å². The largest absolute Gasteiger partial charge is 0.379 e. The predicted octanol–water partition coefficient (Wildman–Crippen LogP) is 3.45. The molecule has 3 rings (SSSR count). The maximum absolute atomic E-state index is 14.9. The lowest BCUT2D eigenvalue weighted by molar-refractivity contribution is -0.128. The van der Waals surface area contributed by atoms with Crippen molar-refractivity contribution in [3.05, 3.63) is 34.5 Å². The van der Waals surface area contributed by atoms with Gasteiger partial charge >= 0.3 is 16.5 Å². The van der Waals surface area contributed by atoms with E-state index in [4.69, 9.17) is 11.6 Å². The first-order valence-electron chi connectivity index (χ1n) is 9.26. The van der Waals surface area contributed by atoms with Crippen LogP contribution in [0.15, 0.2) is 28.6 Å². The third-order valence-electron chi connectivity index (χ3n) is 4.99. The van der Waals surface area contributed by atoms with Gasteiger partial charge in [0.1, 0.15) is 16.9 Å². The lowest BCUT2D eigenvalue weighted by Crippen LogP contribution is -2.48. The molecule has 170 valence electrons. The second-order valence-electron chi connectivity index (χ2n) is 7.20. The molecule has 3 atom stereocenters. The van der Waals surface area contributed by atoms with Crippen LogP contribution in [0.1, 0.15) is 19.3 Å². The van der Waals surface area contributed by atoms with Crippen molar-refractivity contribution < 1.29 is 26.8 Å². The summed E-state index contributed by atoms with van der Waals surface area (Å²) in [6.07, 6.45) is 1.57. The second kappa shape index (κ2) is 9.63. The Bertz CT molecular complexity index is 1020. The average Bonchev–Trinajstić information content (AvgIpc) is 3.22. The Kier molecular flexibility index (Phi) is 7.35. The maximum Gasteiger partial charge on any atom is 0.322 e. The summed E-state index contributed by atoms with van der Waals surface area (Å²) in [6, 6.07) is 1.51. The van der Waals surface area contributed by atoms with Gasteiger partial charge < -0.3 is 15.1 Å². The van der Waals surface area contributed by atoms with Crippen LogP contribution in [0.25, 0.3) is 0 Å². The number of carbonyl (C=O) groups excluding carboxylic acids is 1. The highest BCUT2D eigenvalue weighted by Gasteiger charge is 2.35. The molecule has 1 fully saturated rings. The van der Waals surface area contributed by atoms with E-state index in [1.165, 1.54) is 11.6 Å². The molecule has 1 unspecified atom stereocenters. The number of carbonyl (C=O) groups is 1. The van der Waals surface area contributed by atoms with Gasteiger partial charge in [0.15, 0.2) is 0 Å². The molecule has 1 aromatic carbocycles. The molecular formula is C18H21ClF2N4O4S2. The molecule has 8 nitrogen and oxygen atoms in total. The molecule has 13 heteroatoms. The molecule has 0 bridgehead atoms. The Hall–Kier alpha value is -2.02. The number of hydrogen-bond donors (Lipinski definition) is 1. The SMILES string of the molecule is CN(C)[C@H]1CCC(F)C[C@@H]1Nc1cc(F)c(S(=O)(=O)N(OC=O)c2nccs2)cc1Cl. The number of likely N-dealkylation sites (N-methyl/N-ethyl adjacent to an activating group) is 1. The molecule has 2 aromatic rings. The lowest BCUT2D eigenvalue weighted by atomic mass is 9.88. The lowest BCUT2D eigenvalue weighted by Gasteiger charge is -2.38. The van der Waals surface area contributed by atoms with Crippen molar-refractivity contribution >= 4 is 50.3 Å². The molecule has 1 saturated carbocycles. The van der Waals surface area contributed by atoms with Crippen molar-refractivity contribution in [2.24, 2.45) is 0 Å². The molecule has 1 aliphatic carbocycles. The van der Waals surface area contributed by atoms with E-state index in [1.807, 2.05) is 19.0 Å². The quantitative estimate of drug-likeness (QED) is 0.444. The Morgan fingerprint density at radius 2 is 2.10 bits per heavy atom. The van der Waals surface area contributed by atoms with Gasteiger partial charge in [-0.1, -0.05) is 16.1 Å². The second-order valence-corrected chi connectivity index (χ2v) is 10.2. The summed E-state index contributed by atoms with van der Waals surface area (Å²) in [5.41, 5.74) is 0.140. The Labute approximate surface area is 187 Å². The number of sulfonamides is 1. The van der Waals surface area contributed by atoms with Gasteiger partial charge in [0.05, 0.1) is 10.7 Å². The number of anilines is 2. The Morgan fingerprint density at radius 1 is 1.35 bits per heavy atom. The summed E-state index contributed by atoms with van der Waals surface area (Å²) in [5.74, 6) is -1.11. The van der Waals surface area contributed by atoms with Crippen molar-refractivity contribution in [2.45, 2.75) is 42.4 Å². The molecule has 0 spiro atoms. The van der Waals surface area contributed by atoms with E-state index in [2.05, 4.69) is 15.1 Å². The summed E-state index contributed by atoms with van der Waals surface area (Å²) in [7, 11) is -0.908. The van der Waals surface area contributed by atoms with Crippen molar-refractivity contribution in [1.82, 2.24) is 9.88 Å². The van der Waals surface area contributed by atoms with E-state index >= 15 is 0 Å². The van der Waals surface area contributed by atoms with Crippen molar-refractivity contribution in [3.8, 4) is 0 Å². The highest BCUT2D eigenvalue weighted by atomic mass is 35.5. The first kappa shape index (κ1) is 23.6. The molecule has 1 heterocycles. The Balaban J connectivity index is 1.93. The number of aromatic nitrogens is 1. The van der Waals surface area contributed by atoms with Crippen LogP contribution in [0.3, 0.4) is 0 Å². The average molecular weight is 495 g/mol. The minimum atomic E-state index is -4.65. The third-order valence-corrected chi connectivity index (χ3v) is 7.72. The molecule has 0 amide bonds. The molecule has 1 aromatic heterocycles. The van der Waals surface area contributed by atoms with Gasteiger partial charge in [-0.2, -0.15) is 8.42 Å². The number of rotatable bonds is 8. The van der Waals surface area contributed by atoms with Crippen LogP contribution in [-0.4, -0.2) is 57.1 Å². The van der Waals surface area contributed by atoms with Crippen molar-refractivity contribution in [3.63, 3.8) is 0 Å². The van der Waals surface area contributed by atoms with Gasteiger partial charge in [0, 0.05) is 30.1 Å². The fourth-order valence-corrected chi connectivity index (χ4v) is 5.90. The zero-order chi connectivity index (χ0) is 22.8. The third kappa shape index (κ3) is 5.08. The minimum Gasteiger partial charge on any atom is -0.379 e. The number of benzene rings is 1. The highest BCUT2D eigenvalue weighted by Crippen LogP contribution is 2.34. The fourth-order valence-electron chi connectivity index (χ4n) is 3.55. The summed E-state index contributed by atoms with van der Waals surface area (Å²) in [4.78, 5) is 20.3. The van der Waals surface area contributed by atoms with Crippen LogP contribution in [0.2, 0.25) is 5.02 Å². The standard InChI is InChI=1S/C18H21ClF2N4O4S2/c1-24(2)16-4-3-11(20)7-15(16)23-14-9-13(21)17(8-12(14)19)31(27,28)25(29-10-26)18-22-5-6-30-18/h5-6,8-11,15-16,23H,3-4,7H2,1-2H3/t11?,15-,16-/m0/s1. The number of hydrogen-bond acceptors (Lipinski definition) is 8. The van der Waals surface area contributed by atoms with E-state index in [1.54, 1.807) is 0 Å². The topological polar surface area (TPSA) is 91.8 Å². The molecule has 0 radical (unpaired) electrons. The number of halogens is 3. The van der Waals surface area contributed by atoms with Crippen LogP contribution >= 0.6 is 22.9 Å². The van der Waals surface area contributed by atoms with Gasteiger partial charge in [-0.25, -0.2) is 13.8 Å². The maximum atomic E-state index is 14.9. The van der Waals surface area contributed by atoms with Gasteiger partial charge in [-0.05, 0) is 39.1 Å². The van der Waals surface area contributed by atoms with Crippen molar-refractivity contribution in [2.75, 3.05) is 23.9 Å². The summed E-state index contributed by atoms with van der Waals surface area (Å²) in [5, 5.41) is 4.25. The zero-order valence-corrected chi connectivity index (χ0v) is 19.1. The van der Waals surface area contributed by atoms with Gasteiger partial charge in [-0.15, -0.1) is 11.3 Å². The molecule has 0 aliphatic heterocycles. The van der Waals surface area contributed by atoms with Gasteiger partial charge in [0.25, 0.3) is 0 Å². The van der Waals surface area contributed by atoms with Crippen LogP contribution in [0.4, 0.5) is 19.6 Å². The van der Waals surface area contributed by atoms with E-state index in [9.17, 15) is 22.0 Å². The normalized spacial score (nSPS) is 21.7. The summed E-state index contributed by atoms with van der Waals surface area (Å²) < 4.78 is 54.9. The van der Waals surface area contributed by atoms with Gasteiger partial charge in [-0.3, -0.25) is 4.79 Å². The van der Waals surface area contributed by atoms with Crippen LogP contribution < -0.4 is 9.79 Å². The minimum absolute atomic E-state index is 0.00378. The molecule has 0 saturated heterocycles. The molecule has 1 N–H and O–H groups in total. The number of nitrogens with zero attached hydrogens (tertiary/aromatic N) is 3.